The van der Waals surface area contributed by atoms with Crippen LogP contribution < -0.4 is 31.5 Å². The summed E-state index contributed by atoms with van der Waals surface area (Å²) >= 11 is 0. The van der Waals surface area contributed by atoms with Gasteiger partial charge in [-0.3, -0.25) is 28.6 Å². The third kappa shape index (κ3) is 11.4. The molecule has 8 N–H and O–H groups in total. The average Bonchev–Trinajstić information content (AvgIpc) is 3.13. The Morgan fingerprint density at radius 2 is 0.889 bits per heavy atom. The Bertz CT molecular complexity index is 2070. The Balaban J connectivity index is 1.35. The zero-order valence-electron chi connectivity index (χ0n) is 30.0. The highest BCUT2D eigenvalue weighted by molar-refractivity contribution is 7.93. The van der Waals surface area contributed by atoms with E-state index in [2.05, 4.69) is 33.9 Å². The number of aryl methyl sites for hydroxylation is 2. The molecule has 0 aromatic heterocycles. The third-order valence-corrected chi connectivity index (χ3v) is 11.1. The fourth-order valence-electron chi connectivity index (χ4n) is 5.34. The van der Waals surface area contributed by atoms with Gasteiger partial charge in [0.15, 0.2) is 0 Å². The summed E-state index contributed by atoms with van der Waals surface area (Å²) in [6, 6.07) is 20.6. The molecule has 0 spiro atoms. The molecule has 4 aromatic rings. The van der Waals surface area contributed by atoms with Gasteiger partial charge in [0.2, 0.25) is 11.8 Å². The molecule has 0 bridgehead atoms. The van der Waals surface area contributed by atoms with E-state index in [0.29, 0.717) is 0 Å². The summed E-state index contributed by atoms with van der Waals surface area (Å²) in [5.41, 5.74) is 12.8. The molecular weight excluding hydrogens is 733 g/mol. The van der Waals surface area contributed by atoms with Crippen LogP contribution in [0.25, 0.3) is 0 Å². The highest BCUT2D eigenvalue weighted by atomic mass is 32.2. The first-order valence-corrected chi connectivity index (χ1v) is 20.3. The van der Waals surface area contributed by atoms with Crippen molar-refractivity contribution in [1.29, 1.82) is 0 Å². The normalized spacial score (nSPS) is 11.4. The van der Waals surface area contributed by atoms with E-state index in [1.165, 1.54) is 60.7 Å². The minimum atomic E-state index is -4.07. The minimum Gasteiger partial charge on any atom is -0.366 e. The highest BCUT2D eigenvalue weighted by Crippen LogP contribution is 2.26. The first-order valence-electron chi connectivity index (χ1n) is 17.3. The van der Waals surface area contributed by atoms with E-state index in [0.717, 1.165) is 49.7 Å². The summed E-state index contributed by atoms with van der Waals surface area (Å²) in [6.45, 7) is 4.13. The Labute approximate surface area is 315 Å². The van der Waals surface area contributed by atoms with E-state index in [4.69, 9.17) is 11.5 Å². The molecule has 54 heavy (non-hydrogen) atoms. The summed E-state index contributed by atoms with van der Waals surface area (Å²) in [6.07, 6.45) is 5.02. The fourth-order valence-corrected chi connectivity index (χ4v) is 7.50. The maximum atomic E-state index is 13.0. The zero-order chi connectivity index (χ0) is 39.5. The second-order valence-corrected chi connectivity index (χ2v) is 15.9. The lowest BCUT2D eigenvalue weighted by molar-refractivity contribution is -0.121. The number of amides is 4. The number of unbranched alkanes of at least 4 members (excludes halogenated alkanes) is 2. The van der Waals surface area contributed by atoms with Gasteiger partial charge in [0, 0.05) is 24.2 Å². The number of carbonyl (C=O) groups excluding carboxylic acids is 4. The van der Waals surface area contributed by atoms with Gasteiger partial charge < -0.3 is 22.1 Å². The number of hydrogen-bond donors (Lipinski definition) is 6. The van der Waals surface area contributed by atoms with Crippen LogP contribution in [-0.4, -0.2) is 40.5 Å². The summed E-state index contributed by atoms with van der Waals surface area (Å²) in [5.74, 6) is -3.08. The maximum Gasteiger partial charge on any atom is 0.261 e. The third-order valence-electron chi connectivity index (χ3n) is 8.31. The smallest absolute Gasteiger partial charge is 0.261 e. The van der Waals surface area contributed by atoms with Crippen molar-refractivity contribution in [2.75, 3.05) is 20.1 Å². The summed E-state index contributed by atoms with van der Waals surface area (Å²) in [7, 11) is -8.13. The van der Waals surface area contributed by atoms with Crippen molar-refractivity contribution in [2.45, 2.75) is 75.0 Å². The van der Waals surface area contributed by atoms with Crippen molar-refractivity contribution in [3.63, 3.8) is 0 Å². The number of carbonyl (C=O) groups is 4. The first-order chi connectivity index (χ1) is 25.6. The molecule has 286 valence electrons. The van der Waals surface area contributed by atoms with Crippen LogP contribution in [0.3, 0.4) is 0 Å². The van der Waals surface area contributed by atoms with E-state index in [-0.39, 0.29) is 56.5 Å². The van der Waals surface area contributed by atoms with Crippen LogP contribution in [0.1, 0.15) is 84.2 Å². The van der Waals surface area contributed by atoms with Gasteiger partial charge in [-0.25, -0.2) is 16.8 Å². The molecule has 16 heteroatoms. The van der Waals surface area contributed by atoms with E-state index >= 15 is 0 Å². The second-order valence-electron chi connectivity index (χ2n) is 12.6. The van der Waals surface area contributed by atoms with Crippen LogP contribution in [0.4, 0.5) is 22.7 Å². The Kier molecular flexibility index (Phi) is 13.9. The lowest BCUT2D eigenvalue weighted by Crippen LogP contribution is -2.21. The van der Waals surface area contributed by atoms with Crippen molar-refractivity contribution in [3.8, 4) is 0 Å². The minimum absolute atomic E-state index is 0.000609. The number of anilines is 4. The summed E-state index contributed by atoms with van der Waals surface area (Å²) < 4.78 is 56.9. The molecule has 0 aliphatic rings. The van der Waals surface area contributed by atoms with Crippen LogP contribution in [0.15, 0.2) is 94.7 Å². The molecule has 4 amide bonds. The predicted molar refractivity (Wildman–Crippen MR) is 208 cm³/mol. The number of rotatable bonds is 19. The largest absolute Gasteiger partial charge is 0.366 e. The van der Waals surface area contributed by atoms with Gasteiger partial charge in [-0.2, -0.15) is 0 Å². The number of benzene rings is 4. The molecule has 0 aliphatic carbocycles. The molecule has 0 aliphatic heterocycles. The van der Waals surface area contributed by atoms with Crippen LogP contribution in [0.5, 0.6) is 0 Å². The quantitative estimate of drug-likeness (QED) is 0.0707. The zero-order valence-corrected chi connectivity index (χ0v) is 31.6. The topological polar surface area (TPSA) is 237 Å². The molecule has 0 radical (unpaired) electrons. The van der Waals surface area contributed by atoms with Crippen LogP contribution in [0, 0.1) is 0 Å². The fraction of sp³-hybridized carbons (Fsp3) is 0.263. The van der Waals surface area contributed by atoms with E-state index in [9.17, 15) is 36.0 Å². The molecule has 4 rings (SSSR count). The lowest BCUT2D eigenvalue weighted by atomic mass is 10.1. The van der Waals surface area contributed by atoms with Gasteiger partial charge in [-0.1, -0.05) is 51.0 Å². The average molecular weight is 777 g/mol. The molecule has 0 unspecified atom stereocenters. The van der Waals surface area contributed by atoms with Crippen LogP contribution in [0.2, 0.25) is 0 Å². The Hall–Kier alpha value is -5.74. The molecule has 0 saturated carbocycles. The second kappa shape index (κ2) is 18.3. The molecule has 4 aromatic carbocycles. The van der Waals surface area contributed by atoms with Gasteiger partial charge >= 0.3 is 0 Å². The SMILES string of the molecule is CCCCc1ccc(S(=O)(=O)Nc2ccc(NC(=O)CCC(=O)Nc3ccc(NS(=O)(=O)c4ccc(CCCC)cc4)c(C(N)=O)c3)cc2C(N)=O)cc1. The van der Waals surface area contributed by atoms with E-state index < -0.39 is 43.7 Å². The van der Waals surface area contributed by atoms with E-state index in [1.54, 1.807) is 24.3 Å². The molecular formula is C38H44N6O8S2. The molecule has 0 heterocycles. The first kappa shape index (κ1) is 41.0. The van der Waals surface area contributed by atoms with Crippen LogP contribution in [-0.2, 0) is 42.5 Å². The van der Waals surface area contributed by atoms with Crippen molar-refractivity contribution < 1.29 is 36.0 Å². The molecule has 0 fully saturated rings. The number of sulfonamides is 2. The van der Waals surface area contributed by atoms with Gasteiger partial charge in [0.1, 0.15) is 0 Å². The Morgan fingerprint density at radius 3 is 1.20 bits per heavy atom. The van der Waals surface area contributed by atoms with Gasteiger partial charge in [0.05, 0.1) is 32.3 Å². The standard InChI is InChI=1S/C38H44N6O8S2/c1-3-5-7-25-9-15-29(16-10-25)53(49,50)43-33-19-13-27(23-31(33)37(39)47)41-35(45)21-22-36(46)42-28-14-20-34(32(24-28)38(40)48)44-54(51,52)30-17-11-26(12-18-30)8-6-4-2/h9-20,23-24,43-44H,3-8,21-22H2,1-2H3,(H2,39,47)(H2,40,48)(H,41,45)(H,42,46). The van der Waals surface area contributed by atoms with E-state index in [1.807, 2.05) is 0 Å². The maximum absolute atomic E-state index is 13.0. The van der Waals surface area contributed by atoms with Crippen molar-refractivity contribution in [1.82, 2.24) is 0 Å². The van der Waals surface area contributed by atoms with Crippen molar-refractivity contribution in [2.24, 2.45) is 11.5 Å². The van der Waals surface area contributed by atoms with Gasteiger partial charge in [-0.15, -0.1) is 0 Å². The number of nitrogens with two attached hydrogens (primary N) is 2. The highest BCUT2D eigenvalue weighted by Gasteiger charge is 2.21. The van der Waals surface area contributed by atoms with Gasteiger partial charge in [0.25, 0.3) is 31.9 Å². The number of hydrogen-bond acceptors (Lipinski definition) is 8. The van der Waals surface area contributed by atoms with Crippen molar-refractivity contribution in [3.05, 3.63) is 107 Å². The summed E-state index contributed by atoms with van der Waals surface area (Å²) in [5, 5.41) is 5.10. The molecule has 0 saturated heterocycles. The van der Waals surface area contributed by atoms with Gasteiger partial charge in [-0.05, 0) is 97.5 Å². The molecule has 0 atom stereocenters. The Morgan fingerprint density at radius 1 is 0.537 bits per heavy atom. The number of nitrogens with one attached hydrogen (secondary N) is 4. The lowest BCUT2D eigenvalue weighted by Gasteiger charge is -2.14. The summed E-state index contributed by atoms with van der Waals surface area (Å²) in [4.78, 5) is 49.9. The van der Waals surface area contributed by atoms with Crippen molar-refractivity contribution >= 4 is 66.4 Å². The predicted octanol–water partition coefficient (Wildman–Crippen LogP) is 5.53. The molecule has 14 nitrogen and oxygen atoms in total. The number of primary amides is 2. The van der Waals surface area contributed by atoms with Crippen LogP contribution >= 0.6 is 0 Å². The monoisotopic (exact) mass is 776 g/mol.